The second-order valence-corrected chi connectivity index (χ2v) is 6.17. The van der Waals surface area contributed by atoms with Crippen molar-refractivity contribution in [1.82, 2.24) is 10.2 Å². The van der Waals surface area contributed by atoms with Crippen LogP contribution in [-0.2, 0) is 11.4 Å². The van der Waals surface area contributed by atoms with E-state index in [1.54, 1.807) is 0 Å². The molecule has 22 heavy (non-hydrogen) atoms. The van der Waals surface area contributed by atoms with Crippen molar-refractivity contribution in [3.05, 3.63) is 34.8 Å². The molecule has 0 bridgehead atoms. The van der Waals surface area contributed by atoms with Crippen LogP contribution < -0.4 is 10.1 Å². The first-order valence-corrected chi connectivity index (χ1v) is 8.26. The zero-order valence-corrected chi connectivity index (χ0v) is 13.9. The Balaban J connectivity index is 1.90. The predicted octanol–water partition coefficient (Wildman–Crippen LogP) is 3.80. The molecular formula is C16H21N3O2S. The minimum Gasteiger partial charge on any atom is -0.486 e. The van der Waals surface area contributed by atoms with Crippen LogP contribution in [0.4, 0.5) is 5.13 Å². The van der Waals surface area contributed by atoms with Crippen LogP contribution >= 0.6 is 11.3 Å². The fourth-order valence-corrected chi connectivity index (χ4v) is 2.74. The number of rotatable bonds is 7. The van der Waals surface area contributed by atoms with Gasteiger partial charge in [0.25, 0.3) is 0 Å². The average Bonchev–Trinajstić information content (AvgIpc) is 2.94. The zero-order chi connectivity index (χ0) is 15.9. The van der Waals surface area contributed by atoms with E-state index in [2.05, 4.69) is 15.5 Å². The van der Waals surface area contributed by atoms with E-state index in [-0.39, 0.29) is 11.8 Å². The summed E-state index contributed by atoms with van der Waals surface area (Å²) in [6.07, 6.45) is 1.65. The van der Waals surface area contributed by atoms with Gasteiger partial charge in [-0.1, -0.05) is 37.3 Å². The molecule has 0 fully saturated rings. The molecule has 0 saturated carbocycles. The van der Waals surface area contributed by atoms with Crippen LogP contribution in [0, 0.1) is 12.8 Å². The first-order chi connectivity index (χ1) is 10.6. The molecule has 2 aromatic rings. The Morgan fingerprint density at radius 2 is 2.09 bits per heavy atom. The van der Waals surface area contributed by atoms with E-state index in [0.29, 0.717) is 11.7 Å². The quantitative estimate of drug-likeness (QED) is 0.843. The second-order valence-electron chi connectivity index (χ2n) is 5.11. The maximum Gasteiger partial charge on any atom is 0.229 e. The molecule has 118 valence electrons. The standard InChI is InChI=1S/C16H21N3O2S/c1-4-12(5-2)15(20)17-16-19-18-14(22-16)10-21-13-8-6-7-11(3)9-13/h6-9,12H,4-5,10H2,1-3H3,(H,17,19,20). The maximum atomic E-state index is 12.0. The molecule has 2 rings (SSSR count). The highest BCUT2D eigenvalue weighted by Gasteiger charge is 2.16. The summed E-state index contributed by atoms with van der Waals surface area (Å²) >= 11 is 1.34. The Bertz CT molecular complexity index is 623. The van der Waals surface area contributed by atoms with Crippen LogP contribution in [0.25, 0.3) is 0 Å². The molecule has 0 saturated heterocycles. The van der Waals surface area contributed by atoms with E-state index in [0.717, 1.165) is 29.2 Å². The lowest BCUT2D eigenvalue weighted by molar-refractivity contribution is -0.120. The van der Waals surface area contributed by atoms with Crippen molar-refractivity contribution in [2.45, 2.75) is 40.2 Å². The average molecular weight is 319 g/mol. The number of carbonyl (C=O) groups is 1. The monoisotopic (exact) mass is 319 g/mol. The molecule has 0 radical (unpaired) electrons. The van der Waals surface area contributed by atoms with Gasteiger partial charge in [-0.2, -0.15) is 0 Å². The number of nitrogens with zero attached hydrogens (tertiary/aromatic N) is 2. The minimum absolute atomic E-state index is 0.00676. The molecule has 0 unspecified atom stereocenters. The fourth-order valence-electron chi connectivity index (χ4n) is 2.08. The first kappa shape index (κ1) is 16.4. The number of aromatic nitrogens is 2. The number of hydrogen-bond acceptors (Lipinski definition) is 5. The van der Waals surface area contributed by atoms with Gasteiger partial charge in [0.1, 0.15) is 12.4 Å². The highest BCUT2D eigenvalue weighted by atomic mass is 32.1. The van der Waals surface area contributed by atoms with Crippen LogP contribution in [-0.4, -0.2) is 16.1 Å². The van der Waals surface area contributed by atoms with Crippen molar-refractivity contribution < 1.29 is 9.53 Å². The van der Waals surface area contributed by atoms with E-state index in [1.807, 2.05) is 45.0 Å². The summed E-state index contributed by atoms with van der Waals surface area (Å²) in [4.78, 5) is 12.0. The number of benzene rings is 1. The van der Waals surface area contributed by atoms with Gasteiger partial charge in [-0.3, -0.25) is 4.79 Å². The summed E-state index contributed by atoms with van der Waals surface area (Å²) in [6.45, 7) is 6.38. The van der Waals surface area contributed by atoms with Gasteiger partial charge >= 0.3 is 0 Å². The Hall–Kier alpha value is -1.95. The predicted molar refractivity (Wildman–Crippen MR) is 88.1 cm³/mol. The van der Waals surface area contributed by atoms with Gasteiger partial charge in [0.15, 0.2) is 5.01 Å². The Morgan fingerprint density at radius 3 is 2.77 bits per heavy atom. The number of nitrogens with one attached hydrogen (secondary N) is 1. The Morgan fingerprint density at radius 1 is 1.32 bits per heavy atom. The number of aryl methyl sites for hydroxylation is 1. The Kier molecular flexibility index (Phi) is 5.89. The third-order valence-corrected chi connectivity index (χ3v) is 4.22. The molecule has 1 N–H and O–H groups in total. The number of amides is 1. The molecule has 6 heteroatoms. The Labute approximate surface area is 134 Å². The van der Waals surface area contributed by atoms with Crippen molar-refractivity contribution in [3.8, 4) is 5.75 Å². The van der Waals surface area contributed by atoms with Crippen LogP contribution in [0.5, 0.6) is 5.75 Å². The van der Waals surface area contributed by atoms with Gasteiger partial charge in [0, 0.05) is 5.92 Å². The van der Waals surface area contributed by atoms with Crippen molar-refractivity contribution in [2.24, 2.45) is 5.92 Å². The summed E-state index contributed by atoms with van der Waals surface area (Å²) in [7, 11) is 0. The van der Waals surface area contributed by atoms with Crippen LogP contribution in [0.3, 0.4) is 0 Å². The van der Waals surface area contributed by atoms with Gasteiger partial charge in [0.2, 0.25) is 11.0 Å². The molecule has 1 amide bonds. The van der Waals surface area contributed by atoms with Crippen molar-refractivity contribution in [1.29, 1.82) is 0 Å². The number of carbonyl (C=O) groups excluding carboxylic acids is 1. The van der Waals surface area contributed by atoms with Crippen LogP contribution in [0.2, 0.25) is 0 Å². The third-order valence-electron chi connectivity index (χ3n) is 3.41. The van der Waals surface area contributed by atoms with E-state index in [1.165, 1.54) is 11.3 Å². The highest BCUT2D eigenvalue weighted by Crippen LogP contribution is 2.20. The summed E-state index contributed by atoms with van der Waals surface area (Å²) in [6, 6.07) is 7.84. The molecule has 5 nitrogen and oxygen atoms in total. The van der Waals surface area contributed by atoms with E-state index in [9.17, 15) is 4.79 Å². The van der Waals surface area contributed by atoms with E-state index in [4.69, 9.17) is 4.74 Å². The highest BCUT2D eigenvalue weighted by molar-refractivity contribution is 7.15. The van der Waals surface area contributed by atoms with Crippen molar-refractivity contribution >= 4 is 22.4 Å². The van der Waals surface area contributed by atoms with Gasteiger partial charge in [-0.25, -0.2) is 0 Å². The van der Waals surface area contributed by atoms with Gasteiger partial charge in [-0.15, -0.1) is 10.2 Å². The first-order valence-electron chi connectivity index (χ1n) is 7.45. The molecule has 1 aromatic heterocycles. The SMILES string of the molecule is CCC(CC)C(=O)Nc1nnc(COc2cccc(C)c2)s1. The smallest absolute Gasteiger partial charge is 0.229 e. The van der Waals surface area contributed by atoms with Gasteiger partial charge in [-0.05, 0) is 37.5 Å². The summed E-state index contributed by atoms with van der Waals surface area (Å²) < 4.78 is 5.68. The van der Waals surface area contributed by atoms with E-state index >= 15 is 0 Å². The van der Waals surface area contributed by atoms with Crippen molar-refractivity contribution in [3.63, 3.8) is 0 Å². The summed E-state index contributed by atoms with van der Waals surface area (Å²) in [5, 5.41) is 12.1. The molecule has 0 aliphatic heterocycles. The zero-order valence-electron chi connectivity index (χ0n) is 13.1. The van der Waals surface area contributed by atoms with Gasteiger partial charge < -0.3 is 10.1 Å². The number of anilines is 1. The molecule has 0 atom stereocenters. The summed E-state index contributed by atoms with van der Waals surface area (Å²) in [5.74, 6) is 0.834. The normalized spacial score (nSPS) is 10.7. The molecule has 0 spiro atoms. The molecular weight excluding hydrogens is 298 g/mol. The maximum absolute atomic E-state index is 12.0. The lowest BCUT2D eigenvalue weighted by Crippen LogP contribution is -2.21. The second kappa shape index (κ2) is 7.89. The minimum atomic E-state index is 0.00676. The van der Waals surface area contributed by atoms with Crippen LogP contribution in [0.15, 0.2) is 24.3 Å². The molecule has 1 heterocycles. The van der Waals surface area contributed by atoms with E-state index < -0.39 is 0 Å². The lowest BCUT2D eigenvalue weighted by atomic mass is 10.0. The lowest BCUT2D eigenvalue weighted by Gasteiger charge is -2.10. The van der Waals surface area contributed by atoms with Crippen molar-refractivity contribution in [2.75, 3.05) is 5.32 Å². The fraction of sp³-hybridized carbons (Fsp3) is 0.438. The van der Waals surface area contributed by atoms with Crippen LogP contribution in [0.1, 0.15) is 37.3 Å². The topological polar surface area (TPSA) is 64.1 Å². The summed E-state index contributed by atoms with van der Waals surface area (Å²) in [5.41, 5.74) is 1.15. The van der Waals surface area contributed by atoms with Gasteiger partial charge in [0.05, 0.1) is 0 Å². The molecule has 0 aliphatic carbocycles. The largest absolute Gasteiger partial charge is 0.486 e. The molecule has 0 aliphatic rings. The number of hydrogen-bond donors (Lipinski definition) is 1. The number of ether oxygens (including phenoxy) is 1. The molecule has 1 aromatic carbocycles. The third kappa shape index (κ3) is 4.53.